The maximum Gasteiger partial charge on any atom is 0.419 e. The van der Waals surface area contributed by atoms with Crippen LogP contribution >= 0.6 is 0 Å². The SMILES string of the molecule is CCCN1CCC(NC(=O)CCCn2c(=O)oc3ccccc32)CC1. The number of hydrogen-bond donors (Lipinski definition) is 1. The number of carbonyl (C=O) groups is 1. The van der Waals surface area contributed by atoms with Gasteiger partial charge in [-0.25, -0.2) is 4.79 Å². The Labute approximate surface area is 147 Å². The number of rotatable bonds is 7. The number of oxazole rings is 1. The Balaban J connectivity index is 1.44. The fourth-order valence-corrected chi connectivity index (χ4v) is 3.54. The molecule has 0 saturated carbocycles. The molecular weight excluding hydrogens is 318 g/mol. The Kier molecular flexibility index (Phi) is 5.91. The number of para-hydroxylation sites is 2. The molecule has 1 amide bonds. The van der Waals surface area contributed by atoms with Crippen LogP contribution in [-0.4, -0.2) is 41.1 Å². The highest BCUT2D eigenvalue weighted by molar-refractivity contribution is 5.76. The molecule has 1 aliphatic heterocycles. The third-order valence-corrected chi connectivity index (χ3v) is 4.85. The summed E-state index contributed by atoms with van der Waals surface area (Å²) < 4.78 is 6.81. The first-order valence-electron chi connectivity index (χ1n) is 9.27. The molecule has 136 valence electrons. The van der Waals surface area contributed by atoms with Crippen molar-refractivity contribution in [1.82, 2.24) is 14.8 Å². The lowest BCUT2D eigenvalue weighted by atomic mass is 10.0. The number of benzene rings is 1. The van der Waals surface area contributed by atoms with Gasteiger partial charge in [0.15, 0.2) is 5.58 Å². The Hall–Kier alpha value is -2.08. The summed E-state index contributed by atoms with van der Waals surface area (Å²) in [5.74, 6) is -0.278. The van der Waals surface area contributed by atoms with Crippen molar-refractivity contribution in [3.05, 3.63) is 34.8 Å². The molecule has 0 radical (unpaired) electrons. The van der Waals surface area contributed by atoms with Gasteiger partial charge in [-0.1, -0.05) is 19.1 Å². The number of amides is 1. The molecule has 0 bridgehead atoms. The van der Waals surface area contributed by atoms with Crippen LogP contribution in [0.2, 0.25) is 0 Å². The minimum absolute atomic E-state index is 0.0785. The van der Waals surface area contributed by atoms with Crippen LogP contribution in [0.5, 0.6) is 0 Å². The minimum atomic E-state index is -0.357. The highest BCUT2D eigenvalue weighted by Gasteiger charge is 2.20. The van der Waals surface area contributed by atoms with Gasteiger partial charge < -0.3 is 14.6 Å². The van der Waals surface area contributed by atoms with Crippen LogP contribution in [0.3, 0.4) is 0 Å². The molecule has 2 aromatic rings. The number of aryl methyl sites for hydroxylation is 1. The van der Waals surface area contributed by atoms with E-state index in [0.717, 1.165) is 38.0 Å². The van der Waals surface area contributed by atoms with E-state index in [2.05, 4.69) is 17.1 Å². The Morgan fingerprint density at radius 1 is 1.24 bits per heavy atom. The summed E-state index contributed by atoms with van der Waals surface area (Å²) in [6.07, 6.45) is 4.29. The van der Waals surface area contributed by atoms with Gasteiger partial charge in [0, 0.05) is 32.1 Å². The van der Waals surface area contributed by atoms with Gasteiger partial charge >= 0.3 is 5.76 Å². The molecule has 3 rings (SSSR count). The molecule has 6 nitrogen and oxygen atoms in total. The van der Waals surface area contributed by atoms with Crippen molar-refractivity contribution in [3.63, 3.8) is 0 Å². The fourth-order valence-electron chi connectivity index (χ4n) is 3.54. The predicted molar refractivity (Wildman–Crippen MR) is 97.6 cm³/mol. The standard InChI is InChI=1S/C19H27N3O3/c1-2-11-21-13-9-15(10-14-21)20-18(23)8-5-12-22-16-6-3-4-7-17(16)25-19(22)24/h3-4,6-7,15H,2,5,8-14H2,1H3,(H,20,23). The quantitative estimate of drug-likeness (QED) is 0.836. The lowest BCUT2D eigenvalue weighted by molar-refractivity contribution is -0.122. The molecule has 1 aromatic heterocycles. The van der Waals surface area contributed by atoms with E-state index in [4.69, 9.17) is 4.42 Å². The number of piperidine rings is 1. The van der Waals surface area contributed by atoms with E-state index in [1.165, 1.54) is 6.42 Å². The molecule has 0 atom stereocenters. The first-order chi connectivity index (χ1) is 12.2. The van der Waals surface area contributed by atoms with E-state index in [1.807, 2.05) is 18.2 Å². The Bertz CT molecular complexity index is 757. The van der Waals surface area contributed by atoms with E-state index < -0.39 is 0 Å². The first-order valence-corrected chi connectivity index (χ1v) is 9.27. The van der Waals surface area contributed by atoms with E-state index in [1.54, 1.807) is 10.6 Å². The summed E-state index contributed by atoms with van der Waals surface area (Å²) in [5, 5.41) is 3.14. The molecule has 25 heavy (non-hydrogen) atoms. The van der Waals surface area contributed by atoms with Gasteiger partial charge in [-0.3, -0.25) is 9.36 Å². The molecule has 1 aromatic carbocycles. The molecule has 1 N–H and O–H groups in total. The molecule has 1 aliphatic rings. The molecule has 1 fully saturated rings. The van der Waals surface area contributed by atoms with Crippen molar-refractivity contribution < 1.29 is 9.21 Å². The van der Waals surface area contributed by atoms with Gasteiger partial charge in [-0.15, -0.1) is 0 Å². The fraction of sp³-hybridized carbons (Fsp3) is 0.579. The maximum absolute atomic E-state index is 12.2. The number of fused-ring (bicyclic) bond motifs is 1. The highest BCUT2D eigenvalue weighted by Crippen LogP contribution is 2.13. The molecule has 2 heterocycles. The van der Waals surface area contributed by atoms with Crippen LogP contribution in [0.1, 0.15) is 39.0 Å². The van der Waals surface area contributed by atoms with Crippen LogP contribution in [0.25, 0.3) is 11.1 Å². The monoisotopic (exact) mass is 345 g/mol. The zero-order valence-electron chi connectivity index (χ0n) is 14.9. The number of nitrogens with zero attached hydrogens (tertiary/aromatic N) is 2. The molecule has 6 heteroatoms. The number of carbonyl (C=O) groups excluding carboxylic acids is 1. The van der Waals surface area contributed by atoms with Crippen molar-refractivity contribution in [1.29, 1.82) is 0 Å². The van der Waals surface area contributed by atoms with Crippen molar-refractivity contribution in [2.45, 2.75) is 51.6 Å². The number of hydrogen-bond acceptors (Lipinski definition) is 4. The Morgan fingerprint density at radius 3 is 2.76 bits per heavy atom. The molecule has 0 spiro atoms. The summed E-state index contributed by atoms with van der Waals surface area (Å²) >= 11 is 0. The van der Waals surface area contributed by atoms with Crippen molar-refractivity contribution in [2.24, 2.45) is 0 Å². The smallest absolute Gasteiger partial charge is 0.408 e. The third-order valence-electron chi connectivity index (χ3n) is 4.85. The van der Waals surface area contributed by atoms with Crippen LogP contribution in [0.4, 0.5) is 0 Å². The minimum Gasteiger partial charge on any atom is -0.408 e. The zero-order chi connectivity index (χ0) is 17.6. The van der Waals surface area contributed by atoms with Crippen LogP contribution < -0.4 is 11.1 Å². The molecule has 1 saturated heterocycles. The van der Waals surface area contributed by atoms with Gasteiger partial charge in [0.2, 0.25) is 5.91 Å². The largest absolute Gasteiger partial charge is 0.419 e. The third kappa shape index (κ3) is 4.51. The second kappa shape index (κ2) is 8.34. The summed E-state index contributed by atoms with van der Waals surface area (Å²) in [5.41, 5.74) is 1.38. The summed E-state index contributed by atoms with van der Waals surface area (Å²) in [6.45, 7) is 5.97. The van der Waals surface area contributed by atoms with E-state index >= 15 is 0 Å². The number of nitrogens with one attached hydrogen (secondary N) is 1. The van der Waals surface area contributed by atoms with Crippen molar-refractivity contribution >= 4 is 17.0 Å². The van der Waals surface area contributed by atoms with Crippen molar-refractivity contribution in [3.8, 4) is 0 Å². The normalized spacial score (nSPS) is 16.4. The highest BCUT2D eigenvalue weighted by atomic mass is 16.4. The van der Waals surface area contributed by atoms with Crippen LogP contribution in [0.15, 0.2) is 33.5 Å². The average Bonchev–Trinajstić information content (AvgIpc) is 2.93. The van der Waals surface area contributed by atoms with Gasteiger partial charge in [-0.05, 0) is 44.4 Å². The maximum atomic E-state index is 12.2. The van der Waals surface area contributed by atoms with Gasteiger partial charge in [0.25, 0.3) is 0 Å². The lowest BCUT2D eigenvalue weighted by Gasteiger charge is -2.32. The van der Waals surface area contributed by atoms with Gasteiger partial charge in [0.1, 0.15) is 0 Å². The topological polar surface area (TPSA) is 67.5 Å². The lowest BCUT2D eigenvalue weighted by Crippen LogP contribution is -2.44. The van der Waals surface area contributed by atoms with Crippen molar-refractivity contribution in [2.75, 3.05) is 19.6 Å². The van der Waals surface area contributed by atoms with Gasteiger partial charge in [0.05, 0.1) is 5.52 Å². The van der Waals surface area contributed by atoms with Gasteiger partial charge in [-0.2, -0.15) is 0 Å². The summed E-state index contributed by atoms with van der Waals surface area (Å²) in [7, 11) is 0. The van der Waals surface area contributed by atoms with Crippen LogP contribution in [0, 0.1) is 0 Å². The Morgan fingerprint density at radius 2 is 2.00 bits per heavy atom. The number of aromatic nitrogens is 1. The molecule has 0 aliphatic carbocycles. The number of likely N-dealkylation sites (tertiary alicyclic amines) is 1. The summed E-state index contributed by atoms with van der Waals surface area (Å²) in [4.78, 5) is 26.5. The first kappa shape index (κ1) is 17.7. The van der Waals surface area contributed by atoms with E-state index in [9.17, 15) is 9.59 Å². The molecular formula is C19H27N3O3. The predicted octanol–water partition coefficient (Wildman–Crippen LogP) is 2.37. The van der Waals surface area contributed by atoms with E-state index in [0.29, 0.717) is 25.0 Å². The molecule has 0 unspecified atom stereocenters. The zero-order valence-corrected chi connectivity index (χ0v) is 14.9. The average molecular weight is 345 g/mol. The second-order valence-corrected chi connectivity index (χ2v) is 6.77. The van der Waals surface area contributed by atoms with E-state index in [-0.39, 0.29) is 17.7 Å². The second-order valence-electron chi connectivity index (χ2n) is 6.77. The van der Waals surface area contributed by atoms with Crippen LogP contribution in [-0.2, 0) is 11.3 Å². The summed E-state index contributed by atoms with van der Waals surface area (Å²) in [6, 6.07) is 7.66.